The molecule has 0 spiro atoms. The zero-order valence-corrected chi connectivity index (χ0v) is 9.85. The molecule has 0 aliphatic rings. The Hall–Kier alpha value is -0.540. The number of aromatic nitrogens is 2. The Morgan fingerprint density at radius 3 is 2.64 bits per heavy atom. The summed E-state index contributed by atoms with van der Waals surface area (Å²) >= 11 is 11.7. The maximum Gasteiger partial charge on any atom is 0.271 e. The first-order chi connectivity index (χ1) is 6.31. The van der Waals surface area contributed by atoms with Crippen molar-refractivity contribution >= 4 is 23.2 Å². The average molecular weight is 235 g/mol. The molecule has 14 heavy (non-hydrogen) atoms. The van der Waals surface area contributed by atoms with Gasteiger partial charge >= 0.3 is 0 Å². The van der Waals surface area contributed by atoms with Crippen molar-refractivity contribution in [1.82, 2.24) is 9.78 Å². The molecule has 0 aliphatic heterocycles. The minimum Gasteiger partial charge on any atom is -0.267 e. The normalized spacial score (nSPS) is 11.8. The first kappa shape index (κ1) is 11.5. The minimum absolute atomic E-state index is 0.189. The highest BCUT2D eigenvalue weighted by Gasteiger charge is 2.16. The third-order valence-electron chi connectivity index (χ3n) is 1.75. The SMILES string of the molecule is Cc1c(Cl)cnn(CC(C)(C)Cl)c1=O. The van der Waals surface area contributed by atoms with Gasteiger partial charge in [-0.3, -0.25) is 4.79 Å². The van der Waals surface area contributed by atoms with Crippen molar-refractivity contribution in [2.24, 2.45) is 0 Å². The van der Waals surface area contributed by atoms with Crippen molar-refractivity contribution in [3.05, 3.63) is 27.1 Å². The summed E-state index contributed by atoms with van der Waals surface area (Å²) in [6.45, 7) is 5.69. The van der Waals surface area contributed by atoms with Gasteiger partial charge in [-0.1, -0.05) is 11.6 Å². The van der Waals surface area contributed by atoms with E-state index in [9.17, 15) is 4.79 Å². The first-order valence-electron chi connectivity index (χ1n) is 4.22. The molecule has 0 aliphatic carbocycles. The molecule has 1 rings (SSSR count). The molecule has 0 radical (unpaired) electrons. The molecule has 5 heteroatoms. The summed E-state index contributed by atoms with van der Waals surface area (Å²) in [5, 5.41) is 4.30. The maximum absolute atomic E-state index is 11.6. The summed E-state index contributed by atoms with van der Waals surface area (Å²) in [4.78, 5) is 11.1. The van der Waals surface area contributed by atoms with E-state index in [1.54, 1.807) is 6.92 Å². The topological polar surface area (TPSA) is 34.9 Å². The zero-order valence-electron chi connectivity index (χ0n) is 8.34. The molecule has 0 saturated heterocycles. The zero-order chi connectivity index (χ0) is 10.9. The summed E-state index contributed by atoms with van der Waals surface area (Å²) < 4.78 is 1.33. The second-order valence-electron chi connectivity index (χ2n) is 3.80. The maximum atomic E-state index is 11.6. The molecule has 0 fully saturated rings. The third-order valence-corrected chi connectivity index (χ3v) is 2.25. The molecule has 0 aromatic carbocycles. The molecule has 3 nitrogen and oxygen atoms in total. The van der Waals surface area contributed by atoms with E-state index in [1.807, 2.05) is 13.8 Å². The summed E-state index contributed by atoms with van der Waals surface area (Å²) in [5.41, 5.74) is 0.314. The van der Waals surface area contributed by atoms with Crippen LogP contribution < -0.4 is 5.56 Å². The molecule has 0 saturated carbocycles. The number of hydrogen-bond donors (Lipinski definition) is 0. The molecular formula is C9H12Cl2N2O. The summed E-state index contributed by atoms with van der Waals surface area (Å²) in [6, 6.07) is 0. The van der Waals surface area contributed by atoms with E-state index in [1.165, 1.54) is 10.9 Å². The van der Waals surface area contributed by atoms with Crippen LogP contribution in [0.4, 0.5) is 0 Å². The number of alkyl halides is 1. The number of nitrogens with zero attached hydrogens (tertiary/aromatic N) is 2. The highest BCUT2D eigenvalue weighted by molar-refractivity contribution is 6.31. The van der Waals surface area contributed by atoms with Crippen molar-refractivity contribution in [2.75, 3.05) is 0 Å². The summed E-state index contributed by atoms with van der Waals surface area (Å²) in [7, 11) is 0. The molecule has 0 N–H and O–H groups in total. The molecule has 0 atom stereocenters. The Labute approximate surface area is 92.6 Å². The van der Waals surface area contributed by atoms with Crippen molar-refractivity contribution in [3.63, 3.8) is 0 Å². The van der Waals surface area contributed by atoms with Crippen LogP contribution >= 0.6 is 23.2 Å². The Morgan fingerprint density at radius 1 is 1.57 bits per heavy atom. The number of rotatable bonds is 2. The second-order valence-corrected chi connectivity index (χ2v) is 5.23. The van der Waals surface area contributed by atoms with Gasteiger partial charge in [-0.2, -0.15) is 5.10 Å². The van der Waals surface area contributed by atoms with Gasteiger partial charge in [0.25, 0.3) is 5.56 Å². The fourth-order valence-corrected chi connectivity index (χ4v) is 1.27. The van der Waals surface area contributed by atoms with Gasteiger partial charge < -0.3 is 0 Å². The lowest BCUT2D eigenvalue weighted by Gasteiger charge is -2.16. The van der Waals surface area contributed by atoms with Crippen LogP contribution in [0.5, 0.6) is 0 Å². The third kappa shape index (κ3) is 2.72. The van der Waals surface area contributed by atoms with Crippen LogP contribution in [0.3, 0.4) is 0 Å². The van der Waals surface area contributed by atoms with Crippen molar-refractivity contribution in [3.8, 4) is 0 Å². The molecule has 1 aromatic rings. The van der Waals surface area contributed by atoms with Crippen LogP contribution in [0.25, 0.3) is 0 Å². The van der Waals surface area contributed by atoms with Crippen LogP contribution in [-0.2, 0) is 6.54 Å². The fourth-order valence-electron chi connectivity index (χ4n) is 1.03. The average Bonchev–Trinajstić information content (AvgIpc) is 2.04. The smallest absolute Gasteiger partial charge is 0.267 e. The Bertz CT molecular complexity index is 393. The van der Waals surface area contributed by atoms with E-state index in [0.29, 0.717) is 17.1 Å². The summed E-state index contributed by atoms with van der Waals surface area (Å²) in [5.74, 6) is 0. The van der Waals surface area contributed by atoms with Crippen LogP contribution in [-0.4, -0.2) is 14.7 Å². The molecule has 0 amide bonds. The lowest BCUT2D eigenvalue weighted by Crippen LogP contribution is -2.32. The lowest BCUT2D eigenvalue weighted by atomic mass is 10.2. The number of halogens is 2. The predicted molar refractivity (Wildman–Crippen MR) is 58.2 cm³/mol. The van der Waals surface area contributed by atoms with Gasteiger partial charge in [0.15, 0.2) is 0 Å². The largest absolute Gasteiger partial charge is 0.271 e. The van der Waals surface area contributed by atoms with Crippen molar-refractivity contribution < 1.29 is 0 Å². The van der Waals surface area contributed by atoms with E-state index in [2.05, 4.69) is 5.10 Å². The number of hydrogen-bond acceptors (Lipinski definition) is 2. The summed E-state index contributed by atoms with van der Waals surface area (Å²) in [6.07, 6.45) is 1.46. The van der Waals surface area contributed by atoms with Gasteiger partial charge in [-0.05, 0) is 20.8 Å². The van der Waals surface area contributed by atoms with E-state index >= 15 is 0 Å². The molecule has 0 unspecified atom stereocenters. The quantitative estimate of drug-likeness (QED) is 0.736. The van der Waals surface area contributed by atoms with Gasteiger partial charge in [-0.15, -0.1) is 11.6 Å². The van der Waals surface area contributed by atoms with E-state index in [4.69, 9.17) is 23.2 Å². The minimum atomic E-state index is -0.489. The van der Waals surface area contributed by atoms with Crippen LogP contribution in [0.2, 0.25) is 5.02 Å². The van der Waals surface area contributed by atoms with E-state index in [0.717, 1.165) is 0 Å². The molecule has 0 bridgehead atoms. The van der Waals surface area contributed by atoms with Gasteiger partial charge in [0.05, 0.1) is 22.6 Å². The Kier molecular flexibility index (Phi) is 3.22. The lowest BCUT2D eigenvalue weighted by molar-refractivity contribution is 0.488. The molecule has 1 aromatic heterocycles. The Balaban J connectivity index is 3.13. The molecule has 1 heterocycles. The molecular weight excluding hydrogens is 223 g/mol. The van der Waals surface area contributed by atoms with E-state index < -0.39 is 4.87 Å². The first-order valence-corrected chi connectivity index (χ1v) is 4.98. The highest BCUT2D eigenvalue weighted by atomic mass is 35.5. The standard InChI is InChI=1S/C9H12Cl2N2O/c1-6-7(10)4-12-13(8(6)14)5-9(2,3)11/h4H,5H2,1-3H3. The van der Waals surface area contributed by atoms with Crippen molar-refractivity contribution in [2.45, 2.75) is 32.2 Å². The van der Waals surface area contributed by atoms with Crippen LogP contribution in [0.15, 0.2) is 11.0 Å². The van der Waals surface area contributed by atoms with Crippen molar-refractivity contribution in [1.29, 1.82) is 0 Å². The highest BCUT2D eigenvalue weighted by Crippen LogP contribution is 2.14. The van der Waals surface area contributed by atoms with E-state index in [-0.39, 0.29) is 5.56 Å². The van der Waals surface area contributed by atoms with Crippen LogP contribution in [0.1, 0.15) is 19.4 Å². The molecule has 78 valence electrons. The Morgan fingerprint density at radius 2 is 2.14 bits per heavy atom. The predicted octanol–water partition coefficient (Wildman–Crippen LogP) is 2.22. The van der Waals surface area contributed by atoms with Gasteiger partial charge in [-0.25, -0.2) is 4.68 Å². The monoisotopic (exact) mass is 234 g/mol. The second kappa shape index (κ2) is 3.91. The van der Waals surface area contributed by atoms with Gasteiger partial charge in [0, 0.05) is 5.56 Å². The van der Waals surface area contributed by atoms with Crippen LogP contribution in [0, 0.1) is 6.92 Å². The van der Waals surface area contributed by atoms with Gasteiger partial charge in [0.2, 0.25) is 0 Å². The fraction of sp³-hybridized carbons (Fsp3) is 0.556. The van der Waals surface area contributed by atoms with Gasteiger partial charge in [0.1, 0.15) is 0 Å².